The van der Waals surface area contributed by atoms with E-state index >= 15 is 0 Å². The fourth-order valence-corrected chi connectivity index (χ4v) is 11.9. The molecule has 4 aliphatic carbocycles. The Balaban J connectivity index is 0.736. The maximum absolute atomic E-state index is 15.0. The lowest BCUT2D eigenvalue weighted by molar-refractivity contribution is -0.145. The Kier molecular flexibility index (Phi) is 11.3. The van der Waals surface area contributed by atoms with Crippen molar-refractivity contribution in [3.05, 3.63) is 70.5 Å². The Morgan fingerprint density at radius 2 is 1.62 bits per heavy atom. The Morgan fingerprint density at radius 3 is 2.45 bits per heavy atom. The number of nitrogens with zero attached hydrogens (tertiary/aromatic N) is 3. The molecule has 2 aromatic carbocycles. The van der Waals surface area contributed by atoms with E-state index in [1.807, 2.05) is 18.2 Å². The van der Waals surface area contributed by atoms with Crippen molar-refractivity contribution < 1.29 is 33.0 Å². The Labute approximate surface area is 330 Å². The largest absolute Gasteiger partial charge is 0.381 e. The normalized spacial score (nSPS) is 31.3. The number of hydrogen-bond acceptors (Lipinski definition) is 7. The first-order chi connectivity index (χ1) is 27.0. The summed E-state index contributed by atoms with van der Waals surface area (Å²) in [5.74, 6) is 2.31. The monoisotopic (exact) mass is 767 g/mol. The van der Waals surface area contributed by atoms with E-state index in [1.165, 1.54) is 38.2 Å². The molecule has 5 fully saturated rings. The fourth-order valence-electron chi connectivity index (χ4n) is 11.9. The van der Waals surface area contributed by atoms with Crippen molar-refractivity contribution in [2.24, 2.45) is 39.5 Å². The zero-order chi connectivity index (χ0) is 39.0. The SMILES string of the molecule is C[C@]12CCC(=O)C[C@@H]1CC[C@@H]1[C@@H]2CC[C@]2(C)[C@@H](OCCCOCCC(=O)N3CCN(C(=O)c4cc(CC5=NCC(=O)c6ccccc65)ccc4F)CC3)CC[C@@H]12. The van der Waals surface area contributed by atoms with Crippen molar-refractivity contribution in [3.8, 4) is 0 Å². The summed E-state index contributed by atoms with van der Waals surface area (Å²) < 4.78 is 27.4. The van der Waals surface area contributed by atoms with Crippen LogP contribution in [0.25, 0.3) is 0 Å². The predicted octanol–water partition coefficient (Wildman–Crippen LogP) is 7.13. The summed E-state index contributed by atoms with van der Waals surface area (Å²) in [5.41, 5.74) is 3.48. The van der Waals surface area contributed by atoms with Crippen molar-refractivity contribution in [2.45, 2.75) is 97.0 Å². The maximum Gasteiger partial charge on any atom is 0.256 e. The number of carbonyl (C=O) groups is 4. The van der Waals surface area contributed by atoms with Gasteiger partial charge in [-0.05, 0) is 104 Å². The summed E-state index contributed by atoms with van der Waals surface area (Å²) >= 11 is 0. The van der Waals surface area contributed by atoms with Crippen molar-refractivity contribution in [1.29, 1.82) is 0 Å². The minimum absolute atomic E-state index is 0.00297. The average Bonchev–Trinajstić information content (AvgIpc) is 3.55. The Bertz CT molecular complexity index is 1870. The first kappa shape index (κ1) is 39.1. The molecule has 0 spiro atoms. The molecule has 2 aliphatic heterocycles. The minimum atomic E-state index is -0.582. The number of ketones is 2. The zero-order valence-electron chi connectivity index (χ0n) is 33.2. The van der Waals surface area contributed by atoms with E-state index in [-0.39, 0.29) is 35.6 Å². The van der Waals surface area contributed by atoms with Gasteiger partial charge >= 0.3 is 0 Å². The molecule has 56 heavy (non-hydrogen) atoms. The molecule has 8 rings (SSSR count). The van der Waals surface area contributed by atoms with Gasteiger partial charge in [0.05, 0.1) is 24.7 Å². The molecule has 0 aromatic heterocycles. The molecule has 7 atom stereocenters. The molecule has 4 saturated carbocycles. The third kappa shape index (κ3) is 7.52. The van der Waals surface area contributed by atoms with E-state index in [0.29, 0.717) is 81.2 Å². The standard InChI is InChI=1S/C46H58FN3O6/c1-45-17-14-32(51)28-31(45)9-10-35-37-11-13-42(46(37,2)18-15-38(35)45)56-24-5-23-55-25-16-43(53)49-19-21-50(22-20-49)44(54)36-26-30(8-12-39(36)47)27-40-33-6-3-4-7-34(33)41(52)29-48-40/h3-4,6-8,12,26,31,35,37-38,42H,5,9-11,13-25,27-29H2,1-2H3/t31-,35-,37-,38-,42-,45-,46-/m0/s1. The highest BCUT2D eigenvalue weighted by Gasteiger charge is 2.60. The lowest BCUT2D eigenvalue weighted by Crippen LogP contribution is -2.54. The average molecular weight is 768 g/mol. The van der Waals surface area contributed by atoms with Crippen LogP contribution in [0.1, 0.15) is 116 Å². The van der Waals surface area contributed by atoms with Crippen LogP contribution in [-0.4, -0.2) is 97.5 Å². The van der Waals surface area contributed by atoms with E-state index in [1.54, 1.807) is 28.0 Å². The lowest BCUT2D eigenvalue weighted by Gasteiger charge is -2.60. The molecule has 10 heteroatoms. The van der Waals surface area contributed by atoms with Crippen LogP contribution in [0.15, 0.2) is 47.5 Å². The van der Waals surface area contributed by atoms with Gasteiger partial charge in [0.2, 0.25) is 5.91 Å². The molecule has 0 radical (unpaired) electrons. The number of ether oxygens (including phenoxy) is 2. The number of aliphatic imine (C=N–C) groups is 1. The van der Waals surface area contributed by atoms with Gasteiger partial charge in [-0.25, -0.2) is 4.39 Å². The van der Waals surface area contributed by atoms with Gasteiger partial charge in [0.1, 0.15) is 18.1 Å². The highest BCUT2D eigenvalue weighted by Crippen LogP contribution is 2.66. The van der Waals surface area contributed by atoms with Crippen LogP contribution in [0.2, 0.25) is 0 Å². The van der Waals surface area contributed by atoms with Gasteiger partial charge in [-0.3, -0.25) is 24.2 Å². The van der Waals surface area contributed by atoms with Crippen LogP contribution in [0.3, 0.4) is 0 Å². The van der Waals surface area contributed by atoms with Gasteiger partial charge in [-0.1, -0.05) is 44.2 Å². The van der Waals surface area contributed by atoms with Crippen molar-refractivity contribution >= 4 is 29.1 Å². The molecule has 0 N–H and O–H groups in total. The van der Waals surface area contributed by atoms with Crippen LogP contribution in [0, 0.1) is 40.3 Å². The van der Waals surface area contributed by atoms with Crippen molar-refractivity contribution in [3.63, 3.8) is 0 Å². The van der Waals surface area contributed by atoms with Gasteiger partial charge in [-0.15, -0.1) is 0 Å². The first-order valence-corrected chi connectivity index (χ1v) is 21.3. The van der Waals surface area contributed by atoms with Gasteiger partial charge in [0, 0.05) is 75.5 Å². The topological polar surface area (TPSA) is 106 Å². The number of Topliss-reactive ketones (excluding diaryl/α,β-unsaturated/α-hetero) is 2. The summed E-state index contributed by atoms with van der Waals surface area (Å²) in [4.78, 5) is 58.8. The summed E-state index contributed by atoms with van der Waals surface area (Å²) in [6.07, 6.45) is 11.8. The van der Waals surface area contributed by atoms with Gasteiger partial charge in [0.15, 0.2) is 5.78 Å². The van der Waals surface area contributed by atoms with Crippen LogP contribution >= 0.6 is 0 Å². The fraction of sp³-hybridized carbons (Fsp3) is 0.630. The van der Waals surface area contributed by atoms with Gasteiger partial charge in [-0.2, -0.15) is 0 Å². The highest BCUT2D eigenvalue weighted by atomic mass is 19.1. The van der Waals surface area contributed by atoms with Crippen molar-refractivity contribution in [1.82, 2.24) is 9.80 Å². The van der Waals surface area contributed by atoms with Crippen LogP contribution in [-0.2, 0) is 25.5 Å². The zero-order valence-corrected chi connectivity index (χ0v) is 33.2. The number of piperazine rings is 1. The molecule has 300 valence electrons. The molecule has 2 heterocycles. The molecule has 0 bridgehead atoms. The summed E-state index contributed by atoms with van der Waals surface area (Å²) in [6, 6.07) is 11.9. The number of benzene rings is 2. The van der Waals surface area contributed by atoms with Crippen LogP contribution < -0.4 is 0 Å². The van der Waals surface area contributed by atoms with Gasteiger partial charge in [0.25, 0.3) is 5.91 Å². The van der Waals surface area contributed by atoms with Crippen LogP contribution in [0.4, 0.5) is 4.39 Å². The summed E-state index contributed by atoms with van der Waals surface area (Å²) in [5, 5.41) is 0. The predicted molar refractivity (Wildman–Crippen MR) is 211 cm³/mol. The number of halogens is 1. The number of fused-ring (bicyclic) bond motifs is 6. The van der Waals surface area contributed by atoms with Crippen molar-refractivity contribution in [2.75, 3.05) is 52.5 Å². The molecule has 6 aliphatic rings. The second-order valence-electron chi connectivity index (χ2n) is 18.0. The maximum atomic E-state index is 15.0. The molecule has 2 aromatic rings. The molecule has 9 nitrogen and oxygen atoms in total. The van der Waals surface area contributed by atoms with Gasteiger partial charge < -0.3 is 19.3 Å². The minimum Gasteiger partial charge on any atom is -0.381 e. The van der Waals surface area contributed by atoms with E-state index < -0.39 is 11.7 Å². The Morgan fingerprint density at radius 1 is 0.857 bits per heavy atom. The number of hydrogen-bond donors (Lipinski definition) is 0. The van der Waals surface area contributed by atoms with E-state index in [0.717, 1.165) is 66.7 Å². The lowest BCUT2D eigenvalue weighted by atomic mass is 9.45. The molecular formula is C46H58FN3O6. The van der Waals surface area contributed by atoms with E-state index in [9.17, 15) is 23.6 Å². The second-order valence-corrected chi connectivity index (χ2v) is 18.0. The Hall–Kier alpha value is -3.76. The third-order valence-corrected chi connectivity index (χ3v) is 15.1. The third-order valence-electron chi connectivity index (χ3n) is 15.1. The molecule has 2 amide bonds. The molecule has 0 unspecified atom stereocenters. The molecular weight excluding hydrogens is 710 g/mol. The molecule has 1 saturated heterocycles. The van der Waals surface area contributed by atoms with Crippen LogP contribution in [0.5, 0.6) is 0 Å². The smallest absolute Gasteiger partial charge is 0.256 e. The highest BCUT2D eigenvalue weighted by molar-refractivity contribution is 6.15. The number of carbonyl (C=O) groups excluding carboxylic acids is 4. The number of amides is 2. The number of rotatable bonds is 11. The first-order valence-electron chi connectivity index (χ1n) is 21.3. The quantitative estimate of drug-likeness (QED) is 0.226. The van der Waals surface area contributed by atoms with E-state index in [4.69, 9.17) is 9.47 Å². The summed E-state index contributed by atoms with van der Waals surface area (Å²) in [7, 11) is 0. The second kappa shape index (κ2) is 16.2. The van der Waals surface area contributed by atoms with E-state index in [2.05, 4.69) is 18.8 Å². The summed E-state index contributed by atoms with van der Waals surface area (Å²) in [6.45, 7) is 8.08.